The van der Waals surface area contributed by atoms with Gasteiger partial charge in [-0.1, -0.05) is 29.8 Å². The molecule has 2 heterocycles. The van der Waals surface area contributed by atoms with Crippen LogP contribution in [0.25, 0.3) is 26.9 Å². The van der Waals surface area contributed by atoms with Gasteiger partial charge in [0.15, 0.2) is 0 Å². The third kappa shape index (κ3) is 3.98. The van der Waals surface area contributed by atoms with E-state index in [0.29, 0.717) is 15.2 Å². The molecule has 1 N–H and O–H groups in total. The number of halogens is 1. The van der Waals surface area contributed by atoms with Gasteiger partial charge < -0.3 is 9.72 Å². The van der Waals surface area contributed by atoms with Crippen molar-refractivity contribution >= 4 is 45.6 Å². The highest BCUT2D eigenvalue weighted by Crippen LogP contribution is 2.34. The maximum absolute atomic E-state index is 12.8. The van der Waals surface area contributed by atoms with E-state index in [-0.39, 0.29) is 0 Å². The summed E-state index contributed by atoms with van der Waals surface area (Å²) in [6, 6.07) is 16.5. The van der Waals surface area contributed by atoms with Gasteiger partial charge in [-0.15, -0.1) is 11.3 Å². The highest BCUT2D eigenvalue weighted by Gasteiger charge is 2.12. The number of thiophene rings is 1. The SMILES string of the molecule is COc1ccc(C=N/C=C/n2c(=O)[nH]c3cc(-c4ccccc4Cl)sc3c2=O)cc1. The minimum atomic E-state index is -0.535. The smallest absolute Gasteiger partial charge is 0.333 e. The highest BCUT2D eigenvalue weighted by atomic mass is 35.5. The van der Waals surface area contributed by atoms with Crippen LogP contribution in [0.5, 0.6) is 5.75 Å². The van der Waals surface area contributed by atoms with Crippen LogP contribution in [0.1, 0.15) is 5.56 Å². The number of aromatic amines is 1. The van der Waals surface area contributed by atoms with Crippen molar-refractivity contribution in [2.24, 2.45) is 4.99 Å². The van der Waals surface area contributed by atoms with Gasteiger partial charge in [0.05, 0.1) is 12.6 Å². The summed E-state index contributed by atoms with van der Waals surface area (Å²) in [4.78, 5) is 32.9. The Morgan fingerprint density at radius 2 is 1.90 bits per heavy atom. The number of aliphatic imine (C=N–C) groups is 1. The van der Waals surface area contributed by atoms with Crippen LogP contribution in [-0.4, -0.2) is 22.9 Å². The van der Waals surface area contributed by atoms with Crippen LogP contribution in [0.2, 0.25) is 5.02 Å². The van der Waals surface area contributed by atoms with Crippen LogP contribution < -0.4 is 16.0 Å². The molecular weight excluding hydrogens is 422 g/mol. The molecule has 0 amide bonds. The highest BCUT2D eigenvalue weighted by molar-refractivity contribution is 7.22. The number of benzene rings is 2. The first-order chi connectivity index (χ1) is 14.6. The Labute approximate surface area is 180 Å². The molecule has 0 saturated carbocycles. The lowest BCUT2D eigenvalue weighted by atomic mass is 10.2. The van der Waals surface area contributed by atoms with E-state index in [2.05, 4.69) is 9.98 Å². The van der Waals surface area contributed by atoms with Crippen molar-refractivity contribution in [3.8, 4) is 16.2 Å². The number of nitrogens with zero attached hydrogens (tertiary/aromatic N) is 2. The normalized spacial score (nSPS) is 11.7. The standard InChI is InChI=1S/C22H16ClN3O3S/c1-29-15-8-6-14(7-9-15)13-24-10-11-26-21(27)20-18(25-22(26)28)12-19(30-20)16-4-2-3-5-17(16)23/h2-13H,1H3,(H,25,28)/b11-10+,24-13?. The number of fused-ring (bicyclic) bond motifs is 1. The van der Waals surface area contributed by atoms with Crippen LogP contribution in [0, 0.1) is 0 Å². The van der Waals surface area contributed by atoms with Crippen molar-refractivity contribution in [2.75, 3.05) is 7.11 Å². The Morgan fingerprint density at radius 3 is 2.63 bits per heavy atom. The summed E-state index contributed by atoms with van der Waals surface area (Å²) in [6.07, 6.45) is 4.36. The van der Waals surface area contributed by atoms with E-state index in [4.69, 9.17) is 16.3 Å². The lowest BCUT2D eigenvalue weighted by Gasteiger charge is -1.98. The first-order valence-corrected chi connectivity index (χ1v) is 10.1. The van der Waals surface area contributed by atoms with Gasteiger partial charge in [-0.05, 0) is 42.0 Å². The Hall–Kier alpha value is -3.42. The average molecular weight is 438 g/mol. The van der Waals surface area contributed by atoms with Gasteiger partial charge >= 0.3 is 5.69 Å². The monoisotopic (exact) mass is 437 g/mol. The van der Waals surface area contributed by atoms with Gasteiger partial charge in [0.2, 0.25) is 0 Å². The van der Waals surface area contributed by atoms with E-state index in [0.717, 1.165) is 26.3 Å². The number of ether oxygens (including phenoxy) is 1. The van der Waals surface area contributed by atoms with Crippen LogP contribution in [0.15, 0.2) is 75.4 Å². The zero-order chi connectivity index (χ0) is 21.1. The van der Waals surface area contributed by atoms with Gasteiger partial charge in [0.25, 0.3) is 5.56 Å². The zero-order valence-electron chi connectivity index (χ0n) is 15.8. The largest absolute Gasteiger partial charge is 0.497 e. The Balaban J connectivity index is 1.65. The molecule has 0 saturated heterocycles. The summed E-state index contributed by atoms with van der Waals surface area (Å²) in [6.45, 7) is 0. The number of H-pyrrole nitrogens is 1. The second kappa shape index (κ2) is 8.52. The molecule has 0 atom stereocenters. The molecule has 2 aromatic carbocycles. The van der Waals surface area contributed by atoms with E-state index in [1.54, 1.807) is 25.5 Å². The Bertz CT molecular complexity index is 1380. The van der Waals surface area contributed by atoms with Crippen molar-refractivity contribution < 1.29 is 4.74 Å². The minimum absolute atomic E-state index is 0.409. The van der Waals surface area contributed by atoms with Crippen molar-refractivity contribution in [2.45, 2.75) is 0 Å². The molecule has 4 rings (SSSR count). The second-order valence-corrected chi connectivity index (χ2v) is 7.75. The topological polar surface area (TPSA) is 76.5 Å². The predicted octanol–water partition coefficient (Wildman–Crippen LogP) is 4.63. The lowest BCUT2D eigenvalue weighted by Crippen LogP contribution is -2.30. The molecule has 0 radical (unpaired) electrons. The quantitative estimate of drug-likeness (QED) is 0.462. The van der Waals surface area contributed by atoms with Crippen molar-refractivity contribution in [1.29, 1.82) is 0 Å². The minimum Gasteiger partial charge on any atom is -0.497 e. The molecular formula is C22H16ClN3O3S. The molecule has 8 heteroatoms. The molecule has 0 aliphatic heterocycles. The van der Waals surface area contributed by atoms with E-state index in [1.165, 1.54) is 23.7 Å². The fourth-order valence-electron chi connectivity index (χ4n) is 2.87. The summed E-state index contributed by atoms with van der Waals surface area (Å²) in [5.74, 6) is 0.751. The van der Waals surface area contributed by atoms with Gasteiger partial charge in [-0.2, -0.15) is 0 Å². The third-order valence-electron chi connectivity index (χ3n) is 4.39. The maximum Gasteiger partial charge on any atom is 0.333 e. The molecule has 4 aromatic rings. The molecule has 0 spiro atoms. The Kier molecular flexibility index (Phi) is 5.65. The van der Waals surface area contributed by atoms with Crippen LogP contribution in [0.3, 0.4) is 0 Å². The fourth-order valence-corrected chi connectivity index (χ4v) is 4.26. The second-order valence-electron chi connectivity index (χ2n) is 6.29. The van der Waals surface area contributed by atoms with Crippen LogP contribution in [0.4, 0.5) is 0 Å². The molecule has 0 aliphatic rings. The van der Waals surface area contributed by atoms with Gasteiger partial charge in [-0.3, -0.25) is 9.79 Å². The molecule has 0 aliphatic carbocycles. The molecule has 150 valence electrons. The van der Waals surface area contributed by atoms with Crippen LogP contribution in [-0.2, 0) is 0 Å². The fraction of sp³-hybridized carbons (Fsp3) is 0.0455. The summed E-state index contributed by atoms with van der Waals surface area (Å²) in [7, 11) is 1.60. The average Bonchev–Trinajstić information content (AvgIpc) is 3.17. The molecule has 0 bridgehead atoms. The van der Waals surface area contributed by atoms with Crippen LogP contribution >= 0.6 is 22.9 Å². The van der Waals surface area contributed by atoms with Crippen molar-refractivity contribution in [3.05, 3.63) is 92.2 Å². The lowest BCUT2D eigenvalue weighted by molar-refractivity contribution is 0.415. The Morgan fingerprint density at radius 1 is 1.13 bits per heavy atom. The van der Waals surface area contributed by atoms with Gasteiger partial charge in [0, 0.05) is 34.1 Å². The van der Waals surface area contributed by atoms with Gasteiger partial charge in [-0.25, -0.2) is 9.36 Å². The number of hydrogen-bond donors (Lipinski definition) is 1. The van der Waals surface area contributed by atoms with E-state index < -0.39 is 11.2 Å². The number of nitrogens with one attached hydrogen (secondary N) is 1. The molecule has 30 heavy (non-hydrogen) atoms. The van der Waals surface area contributed by atoms with E-state index in [9.17, 15) is 9.59 Å². The number of aromatic nitrogens is 2. The summed E-state index contributed by atoms with van der Waals surface area (Å²) >= 11 is 7.54. The van der Waals surface area contributed by atoms with E-state index >= 15 is 0 Å². The molecule has 6 nitrogen and oxygen atoms in total. The molecule has 0 fully saturated rings. The number of hydrogen-bond acceptors (Lipinski definition) is 5. The molecule has 2 aromatic heterocycles. The number of rotatable bonds is 5. The summed E-state index contributed by atoms with van der Waals surface area (Å²) in [5.41, 5.74) is 1.21. The first-order valence-electron chi connectivity index (χ1n) is 8.94. The van der Waals surface area contributed by atoms with Crippen molar-refractivity contribution in [1.82, 2.24) is 9.55 Å². The summed E-state index contributed by atoms with van der Waals surface area (Å²) in [5, 5.41) is 0.583. The predicted molar refractivity (Wildman–Crippen MR) is 123 cm³/mol. The summed E-state index contributed by atoms with van der Waals surface area (Å²) < 4.78 is 6.55. The maximum atomic E-state index is 12.8. The number of methoxy groups -OCH3 is 1. The zero-order valence-corrected chi connectivity index (χ0v) is 17.4. The first kappa shape index (κ1) is 19.9. The van der Waals surface area contributed by atoms with Gasteiger partial charge in [0.1, 0.15) is 10.4 Å². The third-order valence-corrected chi connectivity index (χ3v) is 5.87. The molecule has 0 unspecified atom stereocenters. The van der Waals surface area contributed by atoms with E-state index in [1.807, 2.05) is 42.5 Å². The van der Waals surface area contributed by atoms with Crippen molar-refractivity contribution in [3.63, 3.8) is 0 Å².